The van der Waals surface area contributed by atoms with Gasteiger partial charge in [-0.25, -0.2) is 0 Å². The molecule has 2 aromatic carbocycles. The number of hydrogen-bond acceptors (Lipinski definition) is 5. The van der Waals surface area contributed by atoms with Gasteiger partial charge in [0, 0.05) is 24.8 Å². The van der Waals surface area contributed by atoms with E-state index in [1.807, 2.05) is 4.90 Å². The lowest BCUT2D eigenvalue weighted by Crippen LogP contribution is -2.36. The Morgan fingerprint density at radius 1 is 1.20 bits per heavy atom. The highest BCUT2D eigenvalue weighted by atomic mass is 35.5. The predicted molar refractivity (Wildman–Crippen MR) is 95.5 cm³/mol. The first-order valence-electron chi connectivity index (χ1n) is 7.73. The second-order valence-corrected chi connectivity index (χ2v) is 5.90. The molecule has 0 spiro atoms. The number of nitro benzene ring substituents is 1. The van der Waals surface area contributed by atoms with Crippen LogP contribution >= 0.6 is 11.6 Å². The van der Waals surface area contributed by atoms with Gasteiger partial charge >= 0.3 is 0 Å². The van der Waals surface area contributed by atoms with E-state index in [4.69, 9.17) is 16.3 Å². The predicted octanol–water partition coefficient (Wildman–Crippen LogP) is 3.34. The lowest BCUT2D eigenvalue weighted by Gasteiger charge is -2.28. The first-order chi connectivity index (χ1) is 12.1. The second-order valence-electron chi connectivity index (χ2n) is 5.49. The van der Waals surface area contributed by atoms with Gasteiger partial charge in [-0.3, -0.25) is 14.9 Å². The topological polar surface area (TPSA) is 84.7 Å². The van der Waals surface area contributed by atoms with Gasteiger partial charge in [0.15, 0.2) is 0 Å². The van der Waals surface area contributed by atoms with Crippen LogP contribution in [-0.4, -0.2) is 37.1 Å². The van der Waals surface area contributed by atoms with Crippen molar-refractivity contribution in [3.8, 4) is 0 Å². The molecule has 1 aliphatic rings. The molecule has 1 fully saturated rings. The van der Waals surface area contributed by atoms with Crippen LogP contribution in [0.4, 0.5) is 17.1 Å². The van der Waals surface area contributed by atoms with E-state index >= 15 is 0 Å². The number of nitrogens with zero attached hydrogens (tertiary/aromatic N) is 2. The van der Waals surface area contributed by atoms with Gasteiger partial charge in [-0.05, 0) is 24.3 Å². The third kappa shape index (κ3) is 3.89. The molecule has 0 unspecified atom stereocenters. The number of ether oxygens (including phenoxy) is 1. The molecule has 0 saturated carbocycles. The fraction of sp³-hybridized carbons (Fsp3) is 0.235. The number of hydrogen-bond donors (Lipinski definition) is 1. The molecule has 7 nitrogen and oxygen atoms in total. The van der Waals surface area contributed by atoms with Crippen LogP contribution in [0, 0.1) is 10.1 Å². The number of nitro groups is 1. The first kappa shape index (κ1) is 17.2. The van der Waals surface area contributed by atoms with Crippen molar-refractivity contribution in [1.29, 1.82) is 0 Å². The summed E-state index contributed by atoms with van der Waals surface area (Å²) in [7, 11) is 0. The molecule has 0 atom stereocenters. The number of carbonyl (C=O) groups excluding carboxylic acids is 1. The molecular formula is C17H16ClN3O4. The number of morpholine rings is 1. The summed E-state index contributed by atoms with van der Waals surface area (Å²) in [5.74, 6) is -0.418. The Morgan fingerprint density at radius 2 is 1.92 bits per heavy atom. The molecule has 25 heavy (non-hydrogen) atoms. The minimum atomic E-state index is -0.448. The summed E-state index contributed by atoms with van der Waals surface area (Å²) >= 11 is 6.01. The van der Waals surface area contributed by atoms with Crippen molar-refractivity contribution in [2.75, 3.05) is 36.5 Å². The third-order valence-electron chi connectivity index (χ3n) is 3.90. The van der Waals surface area contributed by atoms with E-state index in [9.17, 15) is 14.9 Å². The lowest BCUT2D eigenvalue weighted by molar-refractivity contribution is -0.384. The maximum absolute atomic E-state index is 12.3. The van der Waals surface area contributed by atoms with Crippen LogP contribution in [0.5, 0.6) is 0 Å². The van der Waals surface area contributed by atoms with Gasteiger partial charge in [0.05, 0.1) is 28.7 Å². The highest BCUT2D eigenvalue weighted by Gasteiger charge is 2.22. The zero-order valence-electron chi connectivity index (χ0n) is 13.3. The van der Waals surface area contributed by atoms with Crippen LogP contribution in [0.2, 0.25) is 5.02 Å². The molecule has 1 saturated heterocycles. The van der Waals surface area contributed by atoms with E-state index in [0.717, 1.165) is 0 Å². The van der Waals surface area contributed by atoms with E-state index < -0.39 is 10.8 Å². The molecule has 0 aliphatic carbocycles. The van der Waals surface area contributed by atoms with E-state index in [2.05, 4.69) is 5.32 Å². The quantitative estimate of drug-likeness (QED) is 0.667. The minimum absolute atomic E-state index is 0.0566. The van der Waals surface area contributed by atoms with Crippen molar-refractivity contribution in [2.45, 2.75) is 0 Å². The maximum atomic E-state index is 12.3. The van der Waals surface area contributed by atoms with E-state index in [0.29, 0.717) is 48.3 Å². The first-order valence-corrected chi connectivity index (χ1v) is 8.11. The van der Waals surface area contributed by atoms with E-state index in [1.54, 1.807) is 36.4 Å². The number of benzene rings is 2. The van der Waals surface area contributed by atoms with Crippen LogP contribution in [0.15, 0.2) is 42.5 Å². The number of amides is 1. The minimum Gasteiger partial charge on any atom is -0.378 e. The highest BCUT2D eigenvalue weighted by molar-refractivity contribution is 6.34. The van der Waals surface area contributed by atoms with Gasteiger partial charge in [-0.1, -0.05) is 23.7 Å². The van der Waals surface area contributed by atoms with Gasteiger partial charge in [0.1, 0.15) is 5.69 Å². The van der Waals surface area contributed by atoms with Gasteiger partial charge < -0.3 is 15.0 Å². The maximum Gasteiger partial charge on any atom is 0.294 e. The number of anilines is 2. The zero-order valence-corrected chi connectivity index (χ0v) is 14.0. The molecule has 2 aromatic rings. The van der Waals surface area contributed by atoms with Crippen LogP contribution in [0.3, 0.4) is 0 Å². The monoisotopic (exact) mass is 361 g/mol. The number of rotatable bonds is 4. The smallest absolute Gasteiger partial charge is 0.294 e. The second kappa shape index (κ2) is 7.50. The zero-order chi connectivity index (χ0) is 17.8. The van der Waals surface area contributed by atoms with Crippen molar-refractivity contribution in [1.82, 2.24) is 0 Å². The standard InChI is InChI=1S/C17H16ClN3O4/c18-14-4-2-1-3-13(14)17(22)19-12-5-6-15(16(11-12)21(23)24)20-7-9-25-10-8-20/h1-6,11H,7-10H2,(H,19,22). The van der Waals surface area contributed by atoms with E-state index in [-0.39, 0.29) is 5.69 Å². The molecule has 8 heteroatoms. The molecule has 3 rings (SSSR count). The normalized spacial score (nSPS) is 14.2. The summed E-state index contributed by atoms with van der Waals surface area (Å²) in [5, 5.41) is 14.4. The number of halogens is 1. The van der Waals surface area contributed by atoms with Crippen molar-refractivity contribution in [3.05, 3.63) is 63.2 Å². The molecule has 1 N–H and O–H groups in total. The molecule has 130 valence electrons. The van der Waals surface area contributed by atoms with Crippen LogP contribution < -0.4 is 10.2 Å². The largest absolute Gasteiger partial charge is 0.378 e. The Labute approximate surface area is 149 Å². The summed E-state index contributed by atoms with van der Waals surface area (Å²) < 4.78 is 5.28. The van der Waals surface area contributed by atoms with Gasteiger partial charge in [-0.2, -0.15) is 0 Å². The van der Waals surface area contributed by atoms with Crippen molar-refractivity contribution >= 4 is 34.6 Å². The van der Waals surface area contributed by atoms with Crippen LogP contribution in [0.25, 0.3) is 0 Å². The van der Waals surface area contributed by atoms with Crippen LogP contribution in [-0.2, 0) is 4.74 Å². The molecule has 0 bridgehead atoms. The average Bonchev–Trinajstić information content (AvgIpc) is 2.62. The number of carbonyl (C=O) groups is 1. The third-order valence-corrected chi connectivity index (χ3v) is 4.23. The Hall–Kier alpha value is -2.64. The van der Waals surface area contributed by atoms with Crippen molar-refractivity contribution < 1.29 is 14.5 Å². The summed E-state index contributed by atoms with van der Waals surface area (Å²) in [6.07, 6.45) is 0. The van der Waals surface area contributed by atoms with Gasteiger partial charge in [0.25, 0.3) is 11.6 Å². The Morgan fingerprint density at radius 3 is 2.60 bits per heavy atom. The summed E-state index contributed by atoms with van der Waals surface area (Å²) in [5.41, 5.74) is 1.11. The molecule has 0 radical (unpaired) electrons. The molecule has 1 heterocycles. The summed E-state index contributed by atoms with van der Waals surface area (Å²) in [4.78, 5) is 25.2. The van der Waals surface area contributed by atoms with Gasteiger partial charge in [0.2, 0.25) is 0 Å². The van der Waals surface area contributed by atoms with Crippen molar-refractivity contribution in [3.63, 3.8) is 0 Å². The lowest BCUT2D eigenvalue weighted by atomic mass is 10.2. The summed E-state index contributed by atoms with van der Waals surface area (Å²) in [6, 6.07) is 11.3. The molecule has 1 aliphatic heterocycles. The fourth-order valence-electron chi connectivity index (χ4n) is 2.66. The Balaban J connectivity index is 1.85. The van der Waals surface area contributed by atoms with E-state index in [1.165, 1.54) is 6.07 Å². The van der Waals surface area contributed by atoms with Gasteiger partial charge in [-0.15, -0.1) is 0 Å². The molecule has 0 aromatic heterocycles. The van der Waals surface area contributed by atoms with Crippen LogP contribution in [0.1, 0.15) is 10.4 Å². The average molecular weight is 362 g/mol. The Bertz CT molecular complexity index is 806. The molecular weight excluding hydrogens is 346 g/mol. The molecule has 1 amide bonds. The number of nitrogens with one attached hydrogen (secondary N) is 1. The Kier molecular flexibility index (Phi) is 5.16. The highest BCUT2D eigenvalue weighted by Crippen LogP contribution is 2.32. The fourth-order valence-corrected chi connectivity index (χ4v) is 2.88. The van der Waals surface area contributed by atoms with Crippen molar-refractivity contribution in [2.24, 2.45) is 0 Å². The SMILES string of the molecule is O=C(Nc1ccc(N2CCOCC2)c([N+](=O)[O-])c1)c1ccccc1Cl. The summed E-state index contributed by atoms with van der Waals surface area (Å²) in [6.45, 7) is 2.24.